The Bertz CT molecular complexity index is 1390. The second-order valence-electron chi connectivity index (χ2n) is 6.67. The average molecular weight is 397 g/mol. The molecular formula is C21H15N7S. The van der Waals surface area contributed by atoms with Crippen LogP contribution in [-0.2, 0) is 0 Å². The predicted octanol–water partition coefficient (Wildman–Crippen LogP) is 4.22. The Morgan fingerprint density at radius 3 is 2.76 bits per heavy atom. The van der Waals surface area contributed by atoms with Crippen LogP contribution < -0.4 is 0 Å². The average Bonchev–Trinajstić information content (AvgIpc) is 3.47. The van der Waals surface area contributed by atoms with E-state index in [4.69, 9.17) is 15.3 Å². The molecule has 29 heavy (non-hydrogen) atoms. The number of benzene rings is 1. The minimum atomic E-state index is 0.624. The zero-order chi connectivity index (χ0) is 20.0. The molecule has 0 aliphatic rings. The first-order valence-corrected chi connectivity index (χ1v) is 9.84. The summed E-state index contributed by atoms with van der Waals surface area (Å²) in [5, 5.41) is 22.1. The van der Waals surface area contributed by atoms with E-state index in [1.165, 1.54) is 0 Å². The summed E-state index contributed by atoms with van der Waals surface area (Å²) in [6.45, 7) is 3.92. The molecule has 5 aromatic rings. The molecule has 0 aliphatic heterocycles. The van der Waals surface area contributed by atoms with Crippen molar-refractivity contribution in [3.63, 3.8) is 0 Å². The highest BCUT2D eigenvalue weighted by Gasteiger charge is 2.15. The maximum Gasteiger partial charge on any atom is 0.165 e. The van der Waals surface area contributed by atoms with Gasteiger partial charge >= 0.3 is 0 Å². The fourth-order valence-electron chi connectivity index (χ4n) is 3.36. The van der Waals surface area contributed by atoms with Gasteiger partial charge in [-0.3, -0.25) is 0 Å². The summed E-state index contributed by atoms with van der Waals surface area (Å²) in [5.41, 5.74) is 5.84. The van der Waals surface area contributed by atoms with E-state index in [2.05, 4.69) is 16.2 Å². The van der Waals surface area contributed by atoms with Crippen molar-refractivity contribution in [2.45, 2.75) is 13.8 Å². The highest BCUT2D eigenvalue weighted by Crippen LogP contribution is 2.27. The van der Waals surface area contributed by atoms with Gasteiger partial charge in [0.1, 0.15) is 10.7 Å². The van der Waals surface area contributed by atoms with Gasteiger partial charge in [0.05, 0.1) is 34.6 Å². The first-order chi connectivity index (χ1) is 14.1. The van der Waals surface area contributed by atoms with Crippen molar-refractivity contribution in [2.24, 2.45) is 0 Å². The van der Waals surface area contributed by atoms with E-state index >= 15 is 0 Å². The zero-order valence-electron chi connectivity index (χ0n) is 15.7. The van der Waals surface area contributed by atoms with Crippen LogP contribution in [0.25, 0.3) is 33.1 Å². The van der Waals surface area contributed by atoms with Gasteiger partial charge in [-0.25, -0.2) is 19.3 Å². The van der Waals surface area contributed by atoms with Gasteiger partial charge in [-0.2, -0.15) is 15.5 Å². The number of nitrogens with zero attached hydrogens (tertiary/aromatic N) is 7. The second-order valence-corrected chi connectivity index (χ2v) is 7.57. The van der Waals surface area contributed by atoms with Crippen LogP contribution in [0.15, 0.2) is 54.3 Å². The lowest BCUT2D eigenvalue weighted by atomic mass is 10.1. The molecule has 0 saturated heterocycles. The number of thiazole rings is 1. The van der Waals surface area contributed by atoms with Crippen LogP contribution in [0.1, 0.15) is 16.8 Å². The van der Waals surface area contributed by atoms with Crippen LogP contribution in [0.2, 0.25) is 0 Å². The summed E-state index contributed by atoms with van der Waals surface area (Å²) in [5.74, 6) is 0. The van der Waals surface area contributed by atoms with Crippen molar-refractivity contribution in [2.75, 3.05) is 0 Å². The highest BCUT2D eigenvalue weighted by molar-refractivity contribution is 7.13. The number of aromatic nitrogens is 6. The molecule has 0 amide bonds. The Balaban J connectivity index is 1.67. The first-order valence-electron chi connectivity index (χ1n) is 8.96. The summed E-state index contributed by atoms with van der Waals surface area (Å²) in [6, 6.07) is 11.7. The Labute approximate surface area is 170 Å². The van der Waals surface area contributed by atoms with Gasteiger partial charge < -0.3 is 0 Å². The zero-order valence-corrected chi connectivity index (χ0v) is 16.6. The Hall–Kier alpha value is -3.83. The standard InChI is InChI=1S/C21H15N7S/c1-13-9-15(11-22)3-4-18(13)28-20-16(12-24-28)19(10-14(2)25-20)27-7-5-17(26-27)21-23-6-8-29-21/h3-10,12H,1-2H3. The molecule has 140 valence electrons. The molecule has 0 radical (unpaired) electrons. The maximum absolute atomic E-state index is 9.13. The number of fused-ring (bicyclic) bond motifs is 1. The van der Waals surface area contributed by atoms with Gasteiger partial charge in [0.25, 0.3) is 0 Å². The van der Waals surface area contributed by atoms with E-state index in [9.17, 15) is 0 Å². The molecular weight excluding hydrogens is 382 g/mol. The van der Waals surface area contributed by atoms with E-state index in [-0.39, 0.29) is 0 Å². The highest BCUT2D eigenvalue weighted by atomic mass is 32.1. The first kappa shape index (κ1) is 17.3. The number of pyridine rings is 1. The largest absolute Gasteiger partial charge is 0.243 e. The van der Waals surface area contributed by atoms with E-state index in [0.29, 0.717) is 5.56 Å². The van der Waals surface area contributed by atoms with Crippen LogP contribution >= 0.6 is 11.3 Å². The van der Waals surface area contributed by atoms with E-state index in [1.807, 2.05) is 59.1 Å². The van der Waals surface area contributed by atoms with Crippen molar-refractivity contribution in [3.05, 3.63) is 71.1 Å². The smallest absolute Gasteiger partial charge is 0.165 e. The molecule has 0 unspecified atom stereocenters. The minimum absolute atomic E-state index is 0.624. The molecule has 8 heteroatoms. The van der Waals surface area contributed by atoms with Gasteiger partial charge in [0.15, 0.2) is 5.65 Å². The van der Waals surface area contributed by atoms with Crippen LogP contribution in [0.3, 0.4) is 0 Å². The normalized spacial score (nSPS) is 11.1. The molecule has 1 aromatic carbocycles. The van der Waals surface area contributed by atoms with Gasteiger partial charge in [0.2, 0.25) is 0 Å². The molecule has 4 aromatic heterocycles. The number of rotatable bonds is 3. The fourth-order valence-corrected chi connectivity index (χ4v) is 3.96. The third-order valence-electron chi connectivity index (χ3n) is 4.69. The number of hydrogen-bond acceptors (Lipinski definition) is 6. The summed E-state index contributed by atoms with van der Waals surface area (Å²) in [6.07, 6.45) is 5.51. The Morgan fingerprint density at radius 1 is 1.10 bits per heavy atom. The molecule has 5 rings (SSSR count). The molecule has 7 nitrogen and oxygen atoms in total. The minimum Gasteiger partial charge on any atom is -0.243 e. The van der Waals surface area contributed by atoms with Crippen LogP contribution in [0.5, 0.6) is 0 Å². The van der Waals surface area contributed by atoms with Gasteiger partial charge in [0, 0.05) is 23.5 Å². The van der Waals surface area contributed by atoms with Crippen LogP contribution in [0, 0.1) is 25.2 Å². The third-order valence-corrected chi connectivity index (χ3v) is 5.48. The molecule has 0 atom stereocenters. The van der Waals surface area contributed by atoms with Crippen LogP contribution in [0.4, 0.5) is 0 Å². The molecule has 0 saturated carbocycles. The fraction of sp³-hybridized carbons (Fsp3) is 0.0952. The van der Waals surface area contributed by atoms with Gasteiger partial charge in [-0.1, -0.05) is 0 Å². The lowest BCUT2D eigenvalue weighted by Crippen LogP contribution is -2.03. The van der Waals surface area contributed by atoms with E-state index in [1.54, 1.807) is 29.8 Å². The Kier molecular flexibility index (Phi) is 3.96. The molecule has 4 heterocycles. The SMILES string of the molecule is Cc1cc(-n2ccc(-c3nccs3)n2)c2cnn(-c3ccc(C#N)cc3C)c2n1. The summed E-state index contributed by atoms with van der Waals surface area (Å²) in [7, 11) is 0. The summed E-state index contributed by atoms with van der Waals surface area (Å²) >= 11 is 1.56. The Morgan fingerprint density at radius 2 is 2.00 bits per heavy atom. The lowest BCUT2D eigenvalue weighted by Gasteiger charge is -2.09. The maximum atomic E-state index is 9.13. The predicted molar refractivity (Wildman–Crippen MR) is 111 cm³/mol. The monoisotopic (exact) mass is 397 g/mol. The summed E-state index contributed by atoms with van der Waals surface area (Å²) < 4.78 is 3.65. The van der Waals surface area contributed by atoms with Gasteiger partial charge in [-0.15, -0.1) is 11.3 Å². The van der Waals surface area contributed by atoms with Crippen molar-refractivity contribution in [1.29, 1.82) is 5.26 Å². The summed E-state index contributed by atoms with van der Waals surface area (Å²) in [4.78, 5) is 9.05. The molecule has 0 N–H and O–H groups in total. The van der Waals surface area contributed by atoms with Crippen molar-refractivity contribution < 1.29 is 0 Å². The molecule has 0 spiro atoms. The van der Waals surface area contributed by atoms with Crippen molar-refractivity contribution in [1.82, 2.24) is 29.5 Å². The number of aryl methyl sites for hydroxylation is 2. The van der Waals surface area contributed by atoms with Crippen molar-refractivity contribution >= 4 is 22.4 Å². The third kappa shape index (κ3) is 2.88. The topological polar surface area (TPSA) is 85.2 Å². The lowest BCUT2D eigenvalue weighted by molar-refractivity contribution is 0.878. The van der Waals surface area contributed by atoms with Crippen molar-refractivity contribution in [3.8, 4) is 28.1 Å². The van der Waals surface area contributed by atoms with E-state index in [0.717, 1.165) is 44.4 Å². The molecule has 0 fully saturated rings. The van der Waals surface area contributed by atoms with E-state index < -0.39 is 0 Å². The molecule has 0 bridgehead atoms. The quantitative estimate of drug-likeness (QED) is 0.455. The number of hydrogen-bond donors (Lipinski definition) is 0. The second kappa shape index (κ2) is 6.65. The molecule has 0 aliphatic carbocycles. The van der Waals surface area contributed by atoms with Gasteiger partial charge in [-0.05, 0) is 49.7 Å². The van der Waals surface area contributed by atoms with Crippen LogP contribution in [-0.4, -0.2) is 29.5 Å². The number of nitriles is 1.